The Morgan fingerprint density at radius 2 is 1.91 bits per heavy atom. The summed E-state index contributed by atoms with van der Waals surface area (Å²) < 4.78 is 7.34. The summed E-state index contributed by atoms with van der Waals surface area (Å²) in [4.78, 5) is 16.0. The standard InChI is InChI=1S/C17H23N3O2/c1-12(20-11-10-18-13(20)2)14-6-8-15(9-7-14)19-16(21)22-17(3,4)5/h6-12H,1-5H3,(H,19,21). The van der Waals surface area contributed by atoms with Crippen LogP contribution in [0.4, 0.5) is 10.5 Å². The van der Waals surface area contributed by atoms with Crippen LogP contribution in [-0.2, 0) is 4.74 Å². The number of nitrogens with zero attached hydrogens (tertiary/aromatic N) is 2. The summed E-state index contributed by atoms with van der Waals surface area (Å²) in [6.07, 6.45) is 3.32. The first kappa shape index (κ1) is 16.1. The van der Waals surface area contributed by atoms with Crippen molar-refractivity contribution < 1.29 is 9.53 Å². The number of hydrogen-bond acceptors (Lipinski definition) is 3. The average molecular weight is 301 g/mol. The van der Waals surface area contributed by atoms with Gasteiger partial charge in [-0.05, 0) is 52.3 Å². The minimum atomic E-state index is -0.502. The highest BCUT2D eigenvalue weighted by Gasteiger charge is 2.16. The molecule has 5 heteroatoms. The number of aromatic nitrogens is 2. The van der Waals surface area contributed by atoms with Crippen molar-refractivity contribution in [2.75, 3.05) is 5.32 Å². The van der Waals surface area contributed by atoms with Gasteiger partial charge in [-0.15, -0.1) is 0 Å². The van der Waals surface area contributed by atoms with Crippen LogP contribution in [0.25, 0.3) is 0 Å². The van der Waals surface area contributed by atoms with Crippen molar-refractivity contribution in [2.24, 2.45) is 0 Å². The zero-order chi connectivity index (χ0) is 16.3. The number of carbonyl (C=O) groups is 1. The Kier molecular flexibility index (Phi) is 4.54. The fourth-order valence-electron chi connectivity index (χ4n) is 2.22. The lowest BCUT2D eigenvalue weighted by Gasteiger charge is -2.20. The number of amides is 1. The molecule has 1 N–H and O–H groups in total. The van der Waals surface area contributed by atoms with Gasteiger partial charge >= 0.3 is 6.09 Å². The van der Waals surface area contributed by atoms with Crippen LogP contribution in [0.2, 0.25) is 0 Å². The molecule has 1 aromatic heterocycles. The highest BCUT2D eigenvalue weighted by molar-refractivity contribution is 5.84. The molecule has 2 rings (SSSR count). The van der Waals surface area contributed by atoms with E-state index in [-0.39, 0.29) is 6.04 Å². The van der Waals surface area contributed by atoms with Gasteiger partial charge in [0.05, 0.1) is 6.04 Å². The molecule has 22 heavy (non-hydrogen) atoms. The van der Waals surface area contributed by atoms with Crippen molar-refractivity contribution in [3.8, 4) is 0 Å². The lowest BCUT2D eigenvalue weighted by atomic mass is 10.1. The molecule has 0 spiro atoms. The molecule has 0 bridgehead atoms. The monoisotopic (exact) mass is 301 g/mol. The number of benzene rings is 1. The molecule has 5 nitrogen and oxygen atoms in total. The first-order valence-corrected chi connectivity index (χ1v) is 7.35. The van der Waals surface area contributed by atoms with Crippen molar-refractivity contribution in [3.63, 3.8) is 0 Å². The number of rotatable bonds is 3. The van der Waals surface area contributed by atoms with E-state index in [4.69, 9.17) is 4.74 Å². The van der Waals surface area contributed by atoms with E-state index in [0.29, 0.717) is 5.69 Å². The predicted octanol–water partition coefficient (Wildman–Crippen LogP) is 4.15. The first-order valence-electron chi connectivity index (χ1n) is 7.35. The molecular weight excluding hydrogens is 278 g/mol. The van der Waals surface area contributed by atoms with Gasteiger partial charge in [0.2, 0.25) is 0 Å². The minimum Gasteiger partial charge on any atom is -0.444 e. The Morgan fingerprint density at radius 3 is 2.41 bits per heavy atom. The Labute approximate surface area is 131 Å². The topological polar surface area (TPSA) is 56.2 Å². The van der Waals surface area contributed by atoms with Crippen LogP contribution in [0.15, 0.2) is 36.7 Å². The zero-order valence-corrected chi connectivity index (χ0v) is 13.8. The van der Waals surface area contributed by atoms with Crippen LogP contribution in [-0.4, -0.2) is 21.2 Å². The Balaban J connectivity index is 2.04. The number of ether oxygens (including phenoxy) is 1. The number of aryl methyl sites for hydroxylation is 1. The van der Waals surface area contributed by atoms with Crippen molar-refractivity contribution in [2.45, 2.75) is 46.3 Å². The van der Waals surface area contributed by atoms with Gasteiger partial charge < -0.3 is 9.30 Å². The fourth-order valence-corrected chi connectivity index (χ4v) is 2.22. The predicted molar refractivity (Wildman–Crippen MR) is 87.1 cm³/mol. The third-order valence-electron chi connectivity index (χ3n) is 3.32. The molecule has 1 atom stereocenters. The van der Waals surface area contributed by atoms with Crippen LogP contribution >= 0.6 is 0 Å². The van der Waals surface area contributed by atoms with Gasteiger partial charge in [0.25, 0.3) is 0 Å². The van der Waals surface area contributed by atoms with Gasteiger partial charge in [-0.2, -0.15) is 0 Å². The van der Waals surface area contributed by atoms with Gasteiger partial charge in [0.15, 0.2) is 0 Å². The second-order valence-electron chi connectivity index (χ2n) is 6.31. The van der Waals surface area contributed by atoms with Crippen LogP contribution < -0.4 is 5.32 Å². The summed E-state index contributed by atoms with van der Waals surface area (Å²) in [7, 11) is 0. The quantitative estimate of drug-likeness (QED) is 0.926. The summed E-state index contributed by atoms with van der Waals surface area (Å²) in [6, 6.07) is 7.94. The van der Waals surface area contributed by atoms with E-state index in [1.165, 1.54) is 0 Å². The molecular formula is C17H23N3O2. The van der Waals surface area contributed by atoms with Gasteiger partial charge in [-0.3, -0.25) is 5.32 Å². The van der Waals surface area contributed by atoms with Gasteiger partial charge in [0.1, 0.15) is 11.4 Å². The van der Waals surface area contributed by atoms with Crippen LogP contribution in [0, 0.1) is 6.92 Å². The van der Waals surface area contributed by atoms with E-state index in [2.05, 4.69) is 21.8 Å². The lowest BCUT2D eigenvalue weighted by Crippen LogP contribution is -2.27. The average Bonchev–Trinajstić information content (AvgIpc) is 2.83. The van der Waals surface area contributed by atoms with Crippen LogP contribution in [0.5, 0.6) is 0 Å². The molecule has 0 radical (unpaired) electrons. The minimum absolute atomic E-state index is 0.193. The van der Waals surface area contributed by atoms with Crippen molar-refractivity contribution in [1.29, 1.82) is 0 Å². The molecule has 1 heterocycles. The van der Waals surface area contributed by atoms with Crippen molar-refractivity contribution in [3.05, 3.63) is 48.0 Å². The number of imidazole rings is 1. The second kappa shape index (κ2) is 6.22. The number of anilines is 1. The largest absolute Gasteiger partial charge is 0.444 e. The molecule has 1 amide bonds. The summed E-state index contributed by atoms with van der Waals surface area (Å²) in [5.41, 5.74) is 1.36. The summed E-state index contributed by atoms with van der Waals surface area (Å²) in [5.74, 6) is 0.975. The first-order chi connectivity index (χ1) is 10.3. The van der Waals surface area contributed by atoms with Gasteiger partial charge in [-0.25, -0.2) is 9.78 Å². The summed E-state index contributed by atoms with van der Waals surface area (Å²) in [5, 5.41) is 2.73. The molecule has 0 aliphatic heterocycles. The molecule has 0 saturated heterocycles. The maximum atomic E-state index is 11.7. The number of hydrogen-bond donors (Lipinski definition) is 1. The molecule has 2 aromatic rings. The summed E-state index contributed by atoms with van der Waals surface area (Å²) >= 11 is 0. The van der Waals surface area contributed by atoms with Crippen molar-refractivity contribution >= 4 is 11.8 Å². The molecule has 1 unspecified atom stereocenters. The smallest absolute Gasteiger partial charge is 0.412 e. The van der Waals surface area contributed by atoms with Gasteiger partial charge in [0, 0.05) is 18.1 Å². The van der Waals surface area contributed by atoms with Crippen LogP contribution in [0.3, 0.4) is 0 Å². The highest BCUT2D eigenvalue weighted by atomic mass is 16.6. The maximum Gasteiger partial charge on any atom is 0.412 e. The maximum absolute atomic E-state index is 11.7. The molecule has 0 fully saturated rings. The normalized spacial score (nSPS) is 12.8. The highest BCUT2D eigenvalue weighted by Crippen LogP contribution is 2.21. The SMILES string of the molecule is Cc1nccn1C(C)c1ccc(NC(=O)OC(C)(C)C)cc1. The molecule has 0 saturated carbocycles. The van der Waals surface area contributed by atoms with Gasteiger partial charge in [-0.1, -0.05) is 12.1 Å². The Morgan fingerprint density at radius 1 is 1.27 bits per heavy atom. The van der Waals surface area contributed by atoms with E-state index in [9.17, 15) is 4.79 Å². The second-order valence-corrected chi connectivity index (χ2v) is 6.31. The number of carbonyl (C=O) groups excluding carboxylic acids is 1. The third kappa shape index (κ3) is 4.10. The van der Waals surface area contributed by atoms with E-state index >= 15 is 0 Å². The van der Waals surface area contributed by atoms with E-state index in [1.807, 2.05) is 58.2 Å². The van der Waals surface area contributed by atoms with E-state index in [1.54, 1.807) is 6.20 Å². The van der Waals surface area contributed by atoms with E-state index in [0.717, 1.165) is 11.4 Å². The Bertz CT molecular complexity index is 639. The summed E-state index contributed by atoms with van der Waals surface area (Å²) in [6.45, 7) is 9.61. The molecule has 0 aliphatic carbocycles. The van der Waals surface area contributed by atoms with Crippen LogP contribution in [0.1, 0.15) is 45.1 Å². The number of nitrogens with one attached hydrogen (secondary N) is 1. The fraction of sp³-hybridized carbons (Fsp3) is 0.412. The lowest BCUT2D eigenvalue weighted by molar-refractivity contribution is 0.0636. The zero-order valence-electron chi connectivity index (χ0n) is 13.8. The molecule has 1 aromatic carbocycles. The Hall–Kier alpha value is -2.30. The third-order valence-corrected chi connectivity index (χ3v) is 3.32. The molecule has 118 valence electrons. The molecule has 0 aliphatic rings. The van der Waals surface area contributed by atoms with E-state index < -0.39 is 11.7 Å². The van der Waals surface area contributed by atoms with Crippen molar-refractivity contribution in [1.82, 2.24) is 9.55 Å².